The molecule has 1 aromatic heterocycles. The van der Waals surface area contributed by atoms with E-state index in [-0.39, 0.29) is 17.3 Å². The van der Waals surface area contributed by atoms with E-state index in [1.54, 1.807) is 12.1 Å². The van der Waals surface area contributed by atoms with Crippen molar-refractivity contribution in [3.63, 3.8) is 0 Å². The summed E-state index contributed by atoms with van der Waals surface area (Å²) >= 11 is 0. The van der Waals surface area contributed by atoms with E-state index < -0.39 is 4.92 Å². The smallest absolute Gasteiger partial charge is 0.269 e. The number of nitrogens with one attached hydrogen (secondary N) is 1. The normalized spacial score (nSPS) is 10.9. The van der Waals surface area contributed by atoms with Crippen LogP contribution >= 0.6 is 0 Å². The second kappa shape index (κ2) is 8.01. The highest BCUT2D eigenvalue weighted by Gasteiger charge is 2.18. The molecule has 0 aliphatic carbocycles. The van der Waals surface area contributed by atoms with Gasteiger partial charge >= 0.3 is 0 Å². The van der Waals surface area contributed by atoms with Crippen LogP contribution in [0.3, 0.4) is 0 Å². The fourth-order valence-corrected chi connectivity index (χ4v) is 2.92. The maximum Gasteiger partial charge on any atom is 0.269 e. The number of anilines is 1. The Morgan fingerprint density at radius 1 is 1.18 bits per heavy atom. The third-order valence-electron chi connectivity index (χ3n) is 4.21. The molecule has 3 rings (SSSR count). The topological polar surface area (TPSA) is 102 Å². The molecule has 0 radical (unpaired) electrons. The van der Waals surface area contributed by atoms with E-state index in [2.05, 4.69) is 10.3 Å². The van der Waals surface area contributed by atoms with Gasteiger partial charge in [-0.2, -0.15) is 0 Å². The van der Waals surface area contributed by atoms with Crippen LogP contribution in [-0.2, 0) is 6.54 Å². The first-order valence-electron chi connectivity index (χ1n) is 8.59. The van der Waals surface area contributed by atoms with Crippen molar-refractivity contribution in [1.82, 2.24) is 9.88 Å². The molecule has 0 unspecified atom stereocenters. The Hall–Kier alpha value is -3.52. The summed E-state index contributed by atoms with van der Waals surface area (Å²) in [4.78, 5) is 28.2. The van der Waals surface area contributed by atoms with E-state index in [9.17, 15) is 14.9 Å². The lowest BCUT2D eigenvalue weighted by atomic mass is 10.1. The lowest BCUT2D eigenvalue weighted by Crippen LogP contribution is -2.12. The molecule has 0 fully saturated rings. The first kappa shape index (κ1) is 19.2. The van der Waals surface area contributed by atoms with Crippen molar-refractivity contribution in [1.29, 1.82) is 0 Å². The Bertz CT molecular complexity index is 1010. The van der Waals surface area contributed by atoms with Crippen LogP contribution < -0.4 is 5.32 Å². The van der Waals surface area contributed by atoms with Crippen molar-refractivity contribution in [3.8, 4) is 22.8 Å². The SMILES string of the molecule is CNc1ccc(-c2oc(-c3ccc([N+](=O)[O-])cc3)nc2C=O)cc1CN(C)C. The fourth-order valence-electron chi connectivity index (χ4n) is 2.92. The van der Waals surface area contributed by atoms with Crippen LogP contribution in [0.4, 0.5) is 11.4 Å². The molecule has 0 aliphatic rings. The Labute approximate surface area is 162 Å². The summed E-state index contributed by atoms with van der Waals surface area (Å²) in [6.45, 7) is 0.712. The molecular formula is C20H20N4O4. The van der Waals surface area contributed by atoms with Crippen LogP contribution in [0.2, 0.25) is 0 Å². The van der Waals surface area contributed by atoms with E-state index in [0.717, 1.165) is 16.8 Å². The van der Waals surface area contributed by atoms with Gasteiger partial charge in [0.1, 0.15) is 0 Å². The van der Waals surface area contributed by atoms with Crippen LogP contribution in [0, 0.1) is 10.1 Å². The zero-order valence-corrected chi connectivity index (χ0v) is 15.8. The molecule has 1 N–H and O–H groups in total. The van der Waals surface area contributed by atoms with Gasteiger partial charge in [-0.15, -0.1) is 0 Å². The summed E-state index contributed by atoms with van der Waals surface area (Å²) in [7, 11) is 5.81. The average Bonchev–Trinajstić information content (AvgIpc) is 3.12. The molecule has 8 heteroatoms. The molecular weight excluding hydrogens is 360 g/mol. The summed E-state index contributed by atoms with van der Waals surface area (Å²) in [6, 6.07) is 11.6. The van der Waals surface area contributed by atoms with E-state index in [1.807, 2.05) is 44.2 Å². The minimum atomic E-state index is -0.475. The molecule has 28 heavy (non-hydrogen) atoms. The first-order chi connectivity index (χ1) is 13.4. The molecule has 0 saturated heterocycles. The van der Waals surface area contributed by atoms with Gasteiger partial charge in [0.2, 0.25) is 5.89 Å². The zero-order valence-electron chi connectivity index (χ0n) is 15.8. The summed E-state index contributed by atoms with van der Waals surface area (Å²) < 4.78 is 5.87. The fraction of sp³-hybridized carbons (Fsp3) is 0.200. The highest BCUT2D eigenvalue weighted by atomic mass is 16.6. The summed E-state index contributed by atoms with van der Waals surface area (Å²) in [5.41, 5.74) is 3.48. The van der Waals surface area contributed by atoms with Crippen molar-refractivity contribution in [2.75, 3.05) is 26.5 Å². The molecule has 0 atom stereocenters. The Balaban J connectivity index is 2.03. The van der Waals surface area contributed by atoms with E-state index >= 15 is 0 Å². The number of hydrogen-bond donors (Lipinski definition) is 1. The molecule has 3 aromatic rings. The van der Waals surface area contributed by atoms with Crippen LogP contribution in [0.1, 0.15) is 16.1 Å². The van der Waals surface area contributed by atoms with Gasteiger partial charge in [-0.1, -0.05) is 0 Å². The van der Waals surface area contributed by atoms with Crippen LogP contribution in [-0.4, -0.2) is 42.2 Å². The summed E-state index contributed by atoms with van der Waals surface area (Å²) in [5, 5.41) is 14.0. The molecule has 0 amide bonds. The number of nitrogens with zero attached hydrogens (tertiary/aromatic N) is 3. The molecule has 0 aliphatic heterocycles. The third kappa shape index (κ3) is 3.91. The van der Waals surface area contributed by atoms with Crippen molar-refractivity contribution in [2.24, 2.45) is 0 Å². The summed E-state index contributed by atoms with van der Waals surface area (Å²) in [6.07, 6.45) is 0.644. The molecule has 0 saturated carbocycles. The predicted octanol–water partition coefficient (Wildman–Crippen LogP) is 3.83. The van der Waals surface area contributed by atoms with Crippen LogP contribution in [0.25, 0.3) is 22.8 Å². The number of nitro groups is 1. The number of carbonyl (C=O) groups excluding carboxylic acids is 1. The largest absolute Gasteiger partial charge is 0.435 e. The van der Waals surface area contributed by atoms with Gasteiger partial charge in [-0.25, -0.2) is 4.98 Å². The zero-order chi connectivity index (χ0) is 20.3. The predicted molar refractivity (Wildman–Crippen MR) is 106 cm³/mol. The Kier molecular flexibility index (Phi) is 5.51. The van der Waals surface area contributed by atoms with Crippen LogP contribution in [0.5, 0.6) is 0 Å². The maximum absolute atomic E-state index is 11.5. The molecule has 2 aromatic carbocycles. The van der Waals surface area contributed by atoms with Crippen molar-refractivity contribution >= 4 is 17.7 Å². The molecule has 0 bridgehead atoms. The number of nitro benzene ring substituents is 1. The van der Waals surface area contributed by atoms with Crippen molar-refractivity contribution < 1.29 is 14.1 Å². The van der Waals surface area contributed by atoms with Gasteiger partial charge in [0, 0.05) is 42.5 Å². The number of aromatic nitrogens is 1. The molecule has 8 nitrogen and oxygen atoms in total. The van der Waals surface area contributed by atoms with Gasteiger partial charge < -0.3 is 14.6 Å². The monoisotopic (exact) mass is 380 g/mol. The Morgan fingerprint density at radius 2 is 1.86 bits per heavy atom. The third-order valence-corrected chi connectivity index (χ3v) is 4.21. The van der Waals surface area contributed by atoms with Gasteiger partial charge in [0.05, 0.1) is 4.92 Å². The number of benzene rings is 2. The number of rotatable bonds is 7. The van der Waals surface area contributed by atoms with Gasteiger partial charge in [0.15, 0.2) is 17.7 Å². The molecule has 144 valence electrons. The highest BCUT2D eigenvalue weighted by Crippen LogP contribution is 2.32. The minimum absolute atomic E-state index is 0.0258. The van der Waals surface area contributed by atoms with E-state index in [4.69, 9.17) is 4.42 Å². The highest BCUT2D eigenvalue weighted by molar-refractivity contribution is 5.84. The summed E-state index contributed by atoms with van der Waals surface area (Å²) in [5.74, 6) is 0.602. The van der Waals surface area contributed by atoms with Gasteiger partial charge in [-0.05, 0) is 50.0 Å². The number of hydrogen-bond acceptors (Lipinski definition) is 7. The number of aldehydes is 1. The average molecular weight is 380 g/mol. The Morgan fingerprint density at radius 3 is 2.43 bits per heavy atom. The van der Waals surface area contributed by atoms with Crippen LogP contribution in [0.15, 0.2) is 46.9 Å². The lowest BCUT2D eigenvalue weighted by Gasteiger charge is -2.15. The number of carbonyl (C=O) groups is 1. The maximum atomic E-state index is 11.5. The van der Waals surface area contributed by atoms with E-state index in [1.165, 1.54) is 12.1 Å². The van der Waals surface area contributed by atoms with Crippen molar-refractivity contribution in [2.45, 2.75) is 6.54 Å². The second-order valence-electron chi connectivity index (χ2n) is 6.51. The number of non-ortho nitro benzene ring substituents is 1. The molecule has 1 heterocycles. The van der Waals surface area contributed by atoms with Crippen molar-refractivity contribution in [3.05, 3.63) is 63.8 Å². The first-order valence-corrected chi connectivity index (χ1v) is 8.59. The standard InChI is InChI=1S/C20H20N4O4/c1-21-17-9-6-14(10-15(17)11-23(2)3)19-18(12-25)22-20(28-19)13-4-7-16(8-5-13)24(26)27/h4-10,12,21H,11H2,1-3H3. The lowest BCUT2D eigenvalue weighted by molar-refractivity contribution is -0.384. The van der Waals surface area contributed by atoms with Gasteiger partial charge in [0.25, 0.3) is 5.69 Å². The second-order valence-corrected chi connectivity index (χ2v) is 6.51. The quantitative estimate of drug-likeness (QED) is 0.377. The van der Waals surface area contributed by atoms with E-state index in [0.29, 0.717) is 24.2 Å². The van der Waals surface area contributed by atoms with Gasteiger partial charge in [-0.3, -0.25) is 14.9 Å². The number of oxazole rings is 1. The molecule has 0 spiro atoms. The minimum Gasteiger partial charge on any atom is -0.435 e.